The highest BCUT2D eigenvalue weighted by molar-refractivity contribution is 5.71. The molecule has 0 aromatic rings. The maximum absolute atomic E-state index is 12.1. The zero-order valence-corrected chi connectivity index (χ0v) is 14.2. The van der Waals surface area contributed by atoms with E-state index in [-0.39, 0.29) is 11.5 Å². The molecule has 122 valence electrons. The molecule has 0 aliphatic heterocycles. The van der Waals surface area contributed by atoms with Crippen LogP contribution in [0.3, 0.4) is 0 Å². The van der Waals surface area contributed by atoms with Gasteiger partial charge in [-0.1, -0.05) is 26.7 Å². The third-order valence-electron chi connectivity index (χ3n) is 6.12. The van der Waals surface area contributed by atoms with Gasteiger partial charge in [-0.25, -0.2) is 0 Å². The van der Waals surface area contributed by atoms with E-state index >= 15 is 0 Å². The van der Waals surface area contributed by atoms with Gasteiger partial charge in [0.2, 0.25) is 0 Å². The van der Waals surface area contributed by atoms with Crippen LogP contribution >= 0.6 is 0 Å². The van der Waals surface area contributed by atoms with Crippen molar-refractivity contribution in [2.24, 2.45) is 5.41 Å². The fourth-order valence-corrected chi connectivity index (χ4v) is 4.85. The van der Waals surface area contributed by atoms with Crippen molar-refractivity contribution in [2.45, 2.75) is 84.1 Å². The number of nitrogens with zero attached hydrogens (tertiary/aromatic N) is 1. The molecule has 0 aromatic heterocycles. The number of carbonyl (C=O) groups excluding carboxylic acids is 1. The second-order valence-corrected chi connectivity index (χ2v) is 7.09. The SMILES string of the molecule is CCOC(=O)CC1(N(CC)CC)CCC2(CCCC2)CC1. The summed E-state index contributed by atoms with van der Waals surface area (Å²) >= 11 is 0. The van der Waals surface area contributed by atoms with E-state index in [0.29, 0.717) is 18.4 Å². The summed E-state index contributed by atoms with van der Waals surface area (Å²) in [5.74, 6) is -0.00762. The number of hydrogen-bond acceptors (Lipinski definition) is 3. The molecule has 21 heavy (non-hydrogen) atoms. The van der Waals surface area contributed by atoms with Crippen molar-refractivity contribution in [2.75, 3.05) is 19.7 Å². The topological polar surface area (TPSA) is 29.5 Å². The second-order valence-electron chi connectivity index (χ2n) is 7.09. The van der Waals surface area contributed by atoms with Gasteiger partial charge >= 0.3 is 5.97 Å². The zero-order chi connectivity index (χ0) is 15.3. The van der Waals surface area contributed by atoms with Crippen molar-refractivity contribution < 1.29 is 9.53 Å². The Labute approximate surface area is 130 Å². The van der Waals surface area contributed by atoms with E-state index in [1.165, 1.54) is 51.4 Å². The summed E-state index contributed by atoms with van der Waals surface area (Å²) in [4.78, 5) is 14.6. The first-order chi connectivity index (χ1) is 10.1. The summed E-state index contributed by atoms with van der Waals surface area (Å²) in [6, 6.07) is 0. The Morgan fingerprint density at radius 1 is 0.952 bits per heavy atom. The predicted octanol–water partition coefficient (Wildman–Crippen LogP) is 4.15. The van der Waals surface area contributed by atoms with E-state index in [1.54, 1.807) is 0 Å². The normalized spacial score (nSPS) is 23.6. The molecule has 0 radical (unpaired) electrons. The fraction of sp³-hybridized carbons (Fsp3) is 0.944. The first-order valence-corrected chi connectivity index (χ1v) is 9.00. The molecule has 0 aromatic carbocycles. The van der Waals surface area contributed by atoms with Crippen LogP contribution in [0.2, 0.25) is 0 Å². The first kappa shape index (κ1) is 16.8. The van der Waals surface area contributed by atoms with Crippen LogP contribution in [-0.2, 0) is 9.53 Å². The number of esters is 1. The second kappa shape index (κ2) is 7.13. The van der Waals surface area contributed by atoms with E-state index in [4.69, 9.17) is 4.74 Å². The van der Waals surface area contributed by atoms with E-state index in [2.05, 4.69) is 18.7 Å². The van der Waals surface area contributed by atoms with Crippen molar-refractivity contribution in [1.82, 2.24) is 4.90 Å². The monoisotopic (exact) mass is 295 g/mol. The zero-order valence-electron chi connectivity index (χ0n) is 14.2. The lowest BCUT2D eigenvalue weighted by atomic mass is 9.65. The Morgan fingerprint density at radius 3 is 2.00 bits per heavy atom. The molecule has 0 unspecified atom stereocenters. The van der Waals surface area contributed by atoms with Gasteiger partial charge in [-0.2, -0.15) is 0 Å². The summed E-state index contributed by atoms with van der Waals surface area (Å²) < 4.78 is 5.26. The standard InChI is InChI=1S/C18H33NO2/c1-4-19(5-2)18(15-16(20)21-6-3)13-11-17(12-14-18)9-7-8-10-17/h4-15H2,1-3H3. The van der Waals surface area contributed by atoms with Gasteiger partial charge in [0.25, 0.3) is 0 Å². The van der Waals surface area contributed by atoms with Crippen LogP contribution in [0.5, 0.6) is 0 Å². The molecule has 2 rings (SSSR count). The smallest absolute Gasteiger partial charge is 0.307 e. The van der Waals surface area contributed by atoms with E-state index < -0.39 is 0 Å². The van der Waals surface area contributed by atoms with Crippen LogP contribution < -0.4 is 0 Å². The molecule has 2 aliphatic carbocycles. The number of carbonyl (C=O) groups is 1. The summed E-state index contributed by atoms with van der Waals surface area (Å²) in [5, 5.41) is 0. The molecule has 2 saturated carbocycles. The van der Waals surface area contributed by atoms with Gasteiger partial charge in [0.15, 0.2) is 0 Å². The Bertz CT molecular complexity index is 333. The van der Waals surface area contributed by atoms with Crippen LogP contribution in [-0.4, -0.2) is 36.1 Å². The average Bonchev–Trinajstić information content (AvgIpc) is 2.93. The van der Waals surface area contributed by atoms with Gasteiger partial charge in [0.1, 0.15) is 0 Å². The highest BCUT2D eigenvalue weighted by Gasteiger charge is 2.47. The summed E-state index contributed by atoms with van der Waals surface area (Å²) in [6.45, 7) is 8.89. The molecule has 0 atom stereocenters. The molecule has 0 amide bonds. The molecule has 0 heterocycles. The summed E-state index contributed by atoms with van der Waals surface area (Å²) in [5.41, 5.74) is 0.676. The minimum Gasteiger partial charge on any atom is -0.466 e. The van der Waals surface area contributed by atoms with Crippen LogP contribution in [0.1, 0.15) is 78.6 Å². The Balaban J connectivity index is 2.08. The first-order valence-electron chi connectivity index (χ1n) is 9.00. The minimum atomic E-state index is -0.00762. The largest absolute Gasteiger partial charge is 0.466 e. The number of hydrogen-bond donors (Lipinski definition) is 0. The predicted molar refractivity (Wildman–Crippen MR) is 86.3 cm³/mol. The van der Waals surface area contributed by atoms with Crippen LogP contribution in [0.25, 0.3) is 0 Å². The minimum absolute atomic E-state index is 0.00762. The van der Waals surface area contributed by atoms with Crippen molar-refractivity contribution in [3.8, 4) is 0 Å². The third-order valence-corrected chi connectivity index (χ3v) is 6.12. The molecule has 1 spiro atoms. The lowest BCUT2D eigenvalue weighted by molar-refractivity contribution is -0.148. The van der Waals surface area contributed by atoms with Crippen molar-refractivity contribution in [3.05, 3.63) is 0 Å². The Morgan fingerprint density at radius 2 is 1.52 bits per heavy atom. The number of ether oxygens (including phenoxy) is 1. The van der Waals surface area contributed by atoms with Crippen LogP contribution in [0.15, 0.2) is 0 Å². The van der Waals surface area contributed by atoms with Crippen molar-refractivity contribution in [1.29, 1.82) is 0 Å². The lowest BCUT2D eigenvalue weighted by Crippen LogP contribution is -2.53. The van der Waals surface area contributed by atoms with Gasteiger partial charge in [-0.15, -0.1) is 0 Å². The molecule has 3 nitrogen and oxygen atoms in total. The Kier molecular flexibility index (Phi) is 5.70. The van der Waals surface area contributed by atoms with Gasteiger partial charge < -0.3 is 4.74 Å². The number of rotatable bonds is 6. The highest BCUT2D eigenvalue weighted by Crippen LogP contribution is 2.53. The van der Waals surface area contributed by atoms with Gasteiger partial charge in [-0.05, 0) is 64.0 Å². The van der Waals surface area contributed by atoms with E-state index in [0.717, 1.165) is 13.1 Å². The van der Waals surface area contributed by atoms with Gasteiger partial charge in [0.05, 0.1) is 13.0 Å². The summed E-state index contributed by atoms with van der Waals surface area (Å²) in [6.07, 6.45) is 11.2. The fourth-order valence-electron chi connectivity index (χ4n) is 4.85. The van der Waals surface area contributed by atoms with E-state index in [1.807, 2.05) is 6.92 Å². The lowest BCUT2D eigenvalue weighted by Gasteiger charge is -2.50. The van der Waals surface area contributed by atoms with E-state index in [9.17, 15) is 4.79 Å². The molecule has 2 aliphatic rings. The Hall–Kier alpha value is -0.570. The maximum atomic E-state index is 12.1. The highest BCUT2D eigenvalue weighted by atomic mass is 16.5. The molecule has 0 N–H and O–H groups in total. The maximum Gasteiger partial charge on any atom is 0.307 e. The molecular formula is C18H33NO2. The van der Waals surface area contributed by atoms with Crippen LogP contribution in [0.4, 0.5) is 0 Å². The average molecular weight is 295 g/mol. The third kappa shape index (κ3) is 3.61. The van der Waals surface area contributed by atoms with Gasteiger partial charge in [-0.3, -0.25) is 9.69 Å². The quantitative estimate of drug-likeness (QED) is 0.689. The van der Waals surface area contributed by atoms with Crippen molar-refractivity contribution in [3.63, 3.8) is 0 Å². The molecular weight excluding hydrogens is 262 g/mol. The molecule has 0 saturated heterocycles. The molecule has 3 heteroatoms. The molecule has 0 bridgehead atoms. The van der Waals surface area contributed by atoms with Crippen LogP contribution in [0, 0.1) is 5.41 Å². The van der Waals surface area contributed by atoms with Crippen molar-refractivity contribution >= 4 is 5.97 Å². The van der Waals surface area contributed by atoms with Gasteiger partial charge in [0, 0.05) is 5.54 Å². The molecule has 2 fully saturated rings. The summed E-state index contributed by atoms with van der Waals surface area (Å²) in [7, 11) is 0.